The maximum absolute atomic E-state index is 13.0. The van der Waals surface area contributed by atoms with Gasteiger partial charge in [0.05, 0.1) is 18.6 Å². The number of esters is 1. The Kier molecular flexibility index (Phi) is 7.29. The highest BCUT2D eigenvalue weighted by molar-refractivity contribution is 5.83. The number of rotatable bonds is 5. The first-order chi connectivity index (χ1) is 13.5. The Hall–Kier alpha value is -1.67. The van der Waals surface area contributed by atoms with Crippen molar-refractivity contribution >= 4 is 17.8 Å². The number of piperidine rings is 1. The van der Waals surface area contributed by atoms with Crippen molar-refractivity contribution in [3.8, 4) is 0 Å². The highest BCUT2D eigenvalue weighted by atomic mass is 16.5. The molecular weight excluding hydrogens is 362 g/mol. The lowest BCUT2D eigenvalue weighted by Gasteiger charge is -2.40. The van der Waals surface area contributed by atoms with E-state index in [9.17, 15) is 14.4 Å². The number of hydrogen-bond donors (Lipinski definition) is 0. The van der Waals surface area contributed by atoms with Crippen molar-refractivity contribution in [1.82, 2.24) is 14.7 Å². The molecule has 3 rings (SSSR count). The van der Waals surface area contributed by atoms with Crippen molar-refractivity contribution in [1.29, 1.82) is 0 Å². The van der Waals surface area contributed by atoms with E-state index in [-0.39, 0.29) is 35.8 Å². The van der Waals surface area contributed by atoms with Gasteiger partial charge in [0.1, 0.15) is 6.10 Å². The molecule has 3 atom stereocenters. The highest BCUT2D eigenvalue weighted by Crippen LogP contribution is 2.21. The molecule has 0 aliphatic carbocycles. The summed E-state index contributed by atoms with van der Waals surface area (Å²) in [6.07, 6.45) is 3.08. The van der Waals surface area contributed by atoms with E-state index in [2.05, 4.69) is 4.90 Å². The zero-order valence-electron chi connectivity index (χ0n) is 17.1. The van der Waals surface area contributed by atoms with Crippen LogP contribution in [0.4, 0.5) is 0 Å². The largest absolute Gasteiger partial charge is 0.466 e. The lowest BCUT2D eigenvalue weighted by atomic mass is 9.97. The van der Waals surface area contributed by atoms with Crippen LogP contribution in [0.5, 0.6) is 0 Å². The van der Waals surface area contributed by atoms with Crippen molar-refractivity contribution in [2.45, 2.75) is 51.7 Å². The summed E-state index contributed by atoms with van der Waals surface area (Å²) in [4.78, 5) is 43.3. The molecule has 3 saturated heterocycles. The van der Waals surface area contributed by atoms with Gasteiger partial charge in [0.25, 0.3) is 5.91 Å². The molecule has 0 aromatic rings. The third kappa shape index (κ3) is 4.84. The van der Waals surface area contributed by atoms with E-state index in [0.717, 1.165) is 25.7 Å². The molecule has 3 heterocycles. The zero-order chi connectivity index (χ0) is 20.1. The van der Waals surface area contributed by atoms with Crippen LogP contribution in [0.1, 0.15) is 39.5 Å². The van der Waals surface area contributed by atoms with Crippen LogP contribution in [0, 0.1) is 5.92 Å². The van der Waals surface area contributed by atoms with Gasteiger partial charge >= 0.3 is 5.97 Å². The van der Waals surface area contributed by atoms with Crippen LogP contribution >= 0.6 is 0 Å². The minimum atomic E-state index is -0.279. The van der Waals surface area contributed by atoms with E-state index in [1.807, 2.05) is 11.8 Å². The second kappa shape index (κ2) is 9.69. The summed E-state index contributed by atoms with van der Waals surface area (Å²) in [5.74, 6) is -0.267. The number of ether oxygens (including phenoxy) is 2. The van der Waals surface area contributed by atoms with Gasteiger partial charge in [-0.15, -0.1) is 0 Å². The fraction of sp³-hybridized carbons (Fsp3) is 0.850. The second-order valence-electron chi connectivity index (χ2n) is 7.91. The van der Waals surface area contributed by atoms with Crippen LogP contribution in [0.15, 0.2) is 0 Å². The van der Waals surface area contributed by atoms with Crippen LogP contribution in [-0.4, -0.2) is 97.1 Å². The standard InChI is InChI=1S/C20H33N3O5/c1-3-27-20(26)16-6-4-8-23(14-16)18(24)15(2)21-9-11-22(12-10-21)19(25)17-7-5-13-28-17/h15-17H,3-14H2,1-2H3. The first-order valence-corrected chi connectivity index (χ1v) is 10.6. The summed E-state index contributed by atoms with van der Waals surface area (Å²) in [5, 5.41) is 0. The lowest BCUT2D eigenvalue weighted by molar-refractivity contribution is -0.152. The fourth-order valence-electron chi connectivity index (χ4n) is 4.36. The molecular formula is C20H33N3O5. The molecule has 8 nitrogen and oxygen atoms in total. The quantitative estimate of drug-likeness (QED) is 0.631. The average Bonchev–Trinajstić information content (AvgIpc) is 3.27. The molecule has 0 bridgehead atoms. The molecule has 0 radical (unpaired) electrons. The summed E-state index contributed by atoms with van der Waals surface area (Å²) in [6, 6.07) is -0.249. The van der Waals surface area contributed by atoms with Gasteiger partial charge in [0, 0.05) is 45.9 Å². The molecule has 2 amide bonds. The molecule has 3 aliphatic heterocycles. The van der Waals surface area contributed by atoms with Gasteiger partial charge in [-0.05, 0) is 39.5 Å². The average molecular weight is 396 g/mol. The number of likely N-dealkylation sites (tertiary alicyclic amines) is 1. The van der Waals surface area contributed by atoms with Crippen LogP contribution in [0.3, 0.4) is 0 Å². The number of piperazine rings is 1. The van der Waals surface area contributed by atoms with Crippen LogP contribution in [0.25, 0.3) is 0 Å². The fourth-order valence-corrected chi connectivity index (χ4v) is 4.36. The van der Waals surface area contributed by atoms with Gasteiger partial charge < -0.3 is 19.3 Å². The smallest absolute Gasteiger partial charge is 0.310 e. The third-order valence-corrected chi connectivity index (χ3v) is 6.09. The third-order valence-electron chi connectivity index (χ3n) is 6.09. The van der Waals surface area contributed by atoms with E-state index in [4.69, 9.17) is 9.47 Å². The summed E-state index contributed by atoms with van der Waals surface area (Å²) < 4.78 is 10.6. The molecule has 0 saturated carbocycles. The Morgan fingerprint density at radius 2 is 1.79 bits per heavy atom. The minimum absolute atomic E-state index is 0.0629. The molecule has 8 heteroatoms. The van der Waals surface area contributed by atoms with E-state index in [1.54, 1.807) is 11.8 Å². The molecule has 3 fully saturated rings. The van der Waals surface area contributed by atoms with Crippen molar-refractivity contribution < 1.29 is 23.9 Å². The lowest BCUT2D eigenvalue weighted by Crippen LogP contribution is -2.57. The number of amides is 2. The van der Waals surface area contributed by atoms with Gasteiger partial charge in [0.15, 0.2) is 0 Å². The molecule has 0 N–H and O–H groups in total. The Balaban J connectivity index is 1.48. The minimum Gasteiger partial charge on any atom is -0.466 e. The SMILES string of the molecule is CCOC(=O)C1CCCN(C(=O)C(C)N2CCN(C(=O)C3CCCO3)CC2)C1. The van der Waals surface area contributed by atoms with Gasteiger partial charge in [0.2, 0.25) is 5.91 Å². The predicted molar refractivity (Wildman–Crippen MR) is 103 cm³/mol. The van der Waals surface area contributed by atoms with Gasteiger partial charge in [-0.3, -0.25) is 19.3 Å². The maximum atomic E-state index is 13.0. The maximum Gasteiger partial charge on any atom is 0.310 e. The van der Waals surface area contributed by atoms with Crippen LogP contribution in [0.2, 0.25) is 0 Å². The van der Waals surface area contributed by atoms with Crippen molar-refractivity contribution in [2.75, 3.05) is 52.5 Å². The van der Waals surface area contributed by atoms with Crippen molar-refractivity contribution in [3.63, 3.8) is 0 Å². The van der Waals surface area contributed by atoms with Gasteiger partial charge in [-0.2, -0.15) is 0 Å². The van der Waals surface area contributed by atoms with Crippen molar-refractivity contribution in [3.05, 3.63) is 0 Å². The molecule has 0 aromatic heterocycles. The Bertz CT molecular complexity index is 570. The molecule has 3 unspecified atom stereocenters. The van der Waals surface area contributed by atoms with Gasteiger partial charge in [-0.1, -0.05) is 0 Å². The monoisotopic (exact) mass is 395 g/mol. The van der Waals surface area contributed by atoms with Crippen molar-refractivity contribution in [2.24, 2.45) is 5.92 Å². The van der Waals surface area contributed by atoms with E-state index < -0.39 is 0 Å². The Labute approximate surface area is 167 Å². The first kappa shape index (κ1) is 21.0. The number of carbonyl (C=O) groups is 3. The first-order valence-electron chi connectivity index (χ1n) is 10.6. The Morgan fingerprint density at radius 3 is 2.43 bits per heavy atom. The Morgan fingerprint density at radius 1 is 1.04 bits per heavy atom. The summed E-state index contributed by atoms with van der Waals surface area (Å²) in [7, 11) is 0. The van der Waals surface area contributed by atoms with E-state index in [0.29, 0.717) is 52.5 Å². The predicted octanol–water partition coefficient (Wildman–Crippen LogP) is 0.500. The summed E-state index contributed by atoms with van der Waals surface area (Å²) >= 11 is 0. The topological polar surface area (TPSA) is 79.4 Å². The molecule has 3 aliphatic rings. The molecule has 0 aromatic carbocycles. The molecule has 158 valence electrons. The second-order valence-corrected chi connectivity index (χ2v) is 7.91. The molecule has 28 heavy (non-hydrogen) atoms. The van der Waals surface area contributed by atoms with Gasteiger partial charge in [-0.25, -0.2) is 0 Å². The normalized spacial score (nSPS) is 27.5. The number of hydrogen-bond acceptors (Lipinski definition) is 6. The molecule has 0 spiro atoms. The highest BCUT2D eigenvalue weighted by Gasteiger charge is 2.35. The van der Waals surface area contributed by atoms with Crippen LogP contribution < -0.4 is 0 Å². The van der Waals surface area contributed by atoms with E-state index in [1.165, 1.54) is 0 Å². The van der Waals surface area contributed by atoms with Crippen LogP contribution in [-0.2, 0) is 23.9 Å². The number of nitrogens with zero attached hydrogens (tertiary/aromatic N) is 3. The summed E-state index contributed by atoms with van der Waals surface area (Å²) in [5.41, 5.74) is 0. The van der Waals surface area contributed by atoms with E-state index >= 15 is 0 Å². The number of carbonyl (C=O) groups excluding carboxylic acids is 3. The zero-order valence-corrected chi connectivity index (χ0v) is 17.1. The summed E-state index contributed by atoms with van der Waals surface area (Å²) in [6.45, 7) is 8.52.